The van der Waals surface area contributed by atoms with E-state index in [-0.39, 0.29) is 202 Å². The quantitative estimate of drug-likeness (QED) is 0.124. The van der Waals surface area contributed by atoms with Gasteiger partial charge in [-0.3, -0.25) is 0 Å². The number of alkyl halides is 2. The second-order valence-electron chi connectivity index (χ2n) is 11.0. The standard InChI is InChI=1S/2C8H15ClO2.C7H11ClO2.C7H10O2.4Ar/c2*1-6(5-10)2-3-7-8(4-9)11-7;8-4-3-6-1-2-7(5-9)10-6;1-2-6-3-4-7(5-8)9-6;;;;/h2*6-8,10H,2-5H2,1H3;3-4,6-7,9H,1-2,5H2;1,6-8H,3-5H2;;;;/b;;4-3+;;;;;/t;;;6-,7?;;;;/m...1..../s1. The van der Waals surface area contributed by atoms with Gasteiger partial charge in [0.2, 0.25) is 0 Å². The summed E-state index contributed by atoms with van der Waals surface area (Å²) >= 11 is 16.5. The summed E-state index contributed by atoms with van der Waals surface area (Å²) in [7, 11) is 0. The van der Waals surface area contributed by atoms with Crippen molar-refractivity contribution in [2.45, 2.75) is 114 Å². The number of epoxide rings is 2. The van der Waals surface area contributed by atoms with Gasteiger partial charge in [-0.15, -0.1) is 29.6 Å². The van der Waals surface area contributed by atoms with Crippen LogP contribution < -0.4 is 0 Å². The molecule has 10 atom stereocenters. The Morgan fingerprint density at radius 1 is 0.711 bits per heavy atom. The zero-order valence-corrected chi connectivity index (χ0v) is 31.0. The fraction of sp³-hybridized carbons (Fsp3) is 0.867. The van der Waals surface area contributed by atoms with E-state index in [2.05, 4.69) is 5.92 Å². The van der Waals surface area contributed by atoms with E-state index in [1.807, 2.05) is 13.8 Å². The Morgan fingerprint density at radius 2 is 1.16 bits per heavy atom. The number of ether oxygens (including phenoxy) is 4. The largest absolute Gasteiger partial charge is 0.396 e. The first-order chi connectivity index (χ1) is 19.8. The molecule has 45 heavy (non-hydrogen) atoms. The Hall–Kier alpha value is 4.89. The third kappa shape index (κ3) is 28.1. The molecule has 4 heterocycles. The van der Waals surface area contributed by atoms with E-state index < -0.39 is 0 Å². The minimum absolute atomic E-state index is 0. The van der Waals surface area contributed by atoms with Crippen molar-refractivity contribution in [2.75, 3.05) is 38.2 Å². The molecule has 4 aliphatic heterocycles. The Balaban J connectivity index is -0.000000242. The maximum absolute atomic E-state index is 8.72. The van der Waals surface area contributed by atoms with Crippen LogP contribution >= 0.6 is 34.8 Å². The summed E-state index contributed by atoms with van der Waals surface area (Å²) in [6.07, 6.45) is 16.2. The van der Waals surface area contributed by atoms with Crippen molar-refractivity contribution in [2.24, 2.45) is 11.8 Å². The fourth-order valence-electron chi connectivity index (χ4n) is 4.27. The van der Waals surface area contributed by atoms with Crippen LogP contribution in [0.3, 0.4) is 0 Å². The van der Waals surface area contributed by atoms with Crippen LogP contribution in [0, 0.1) is 175 Å². The van der Waals surface area contributed by atoms with E-state index in [1.165, 1.54) is 5.54 Å². The van der Waals surface area contributed by atoms with Gasteiger partial charge in [-0.2, -0.15) is 0 Å². The van der Waals surface area contributed by atoms with E-state index in [4.69, 9.17) is 80.6 Å². The van der Waals surface area contributed by atoms with Gasteiger partial charge in [-0.25, -0.2) is 0 Å². The molecule has 0 aromatic heterocycles. The topological polar surface area (TPSA) is 124 Å². The SMILES string of the molecule is C#C[C@@H]1CCC(CO)O1.CC(CO)CCC1OC1CCl.CC(CO)CCC1OC1CCl.OCC1CCC(/C=C/Cl)O1.[Ar].[Ar].[Ar].[Ar]. The zero-order chi connectivity index (χ0) is 30.6. The van der Waals surface area contributed by atoms with Crippen LogP contribution in [-0.4, -0.2) is 107 Å². The van der Waals surface area contributed by atoms with Crippen LogP contribution in [0.5, 0.6) is 0 Å². The summed E-state index contributed by atoms with van der Waals surface area (Å²) in [6, 6.07) is 0. The normalized spacial score (nSPS) is 30.0. The van der Waals surface area contributed by atoms with E-state index >= 15 is 0 Å². The number of halogens is 3. The third-order valence-electron chi connectivity index (χ3n) is 7.32. The number of aliphatic hydroxyl groups is 4. The fourth-order valence-corrected chi connectivity index (χ4v) is 4.98. The van der Waals surface area contributed by atoms with Gasteiger partial charge in [-0.05, 0) is 69.3 Å². The third-order valence-corrected chi connectivity index (χ3v) is 8.07. The molecule has 0 spiro atoms. The monoisotopic (exact) mass is 804 g/mol. The predicted octanol–water partition coefficient (Wildman–Crippen LogP) is 4.24. The molecular weight excluding hydrogens is 754 g/mol. The Kier molecular flexibility index (Phi) is 45.2. The Bertz CT molecular complexity index is 716. The first-order valence-electron chi connectivity index (χ1n) is 14.7. The number of terminal acetylenes is 1. The number of aliphatic hydroxyl groups excluding tert-OH is 4. The van der Waals surface area contributed by atoms with Crippen molar-refractivity contribution >= 4 is 34.8 Å². The number of hydrogen-bond donors (Lipinski definition) is 4. The molecule has 8 nitrogen and oxygen atoms in total. The maximum Gasteiger partial charge on any atom is 0.118 e. The van der Waals surface area contributed by atoms with Gasteiger partial charge in [0.15, 0.2) is 0 Å². The first-order valence-corrected chi connectivity index (χ1v) is 16.2. The van der Waals surface area contributed by atoms with Gasteiger partial charge in [-0.1, -0.05) is 31.4 Å². The van der Waals surface area contributed by atoms with Gasteiger partial charge in [0, 0.05) is 170 Å². The van der Waals surface area contributed by atoms with Crippen molar-refractivity contribution < 1.29 is 190 Å². The molecule has 0 saturated carbocycles. The molecule has 272 valence electrons. The summed E-state index contributed by atoms with van der Waals surface area (Å²) in [5.74, 6) is 4.51. The number of rotatable bonds is 13. The second-order valence-corrected chi connectivity index (χ2v) is 11.9. The summed E-state index contributed by atoms with van der Waals surface area (Å²) in [5.41, 5.74) is 1.46. The van der Waals surface area contributed by atoms with Gasteiger partial charge in [0.1, 0.15) is 6.10 Å². The van der Waals surface area contributed by atoms with Crippen LogP contribution in [0.4, 0.5) is 0 Å². The molecule has 0 aromatic rings. The van der Waals surface area contributed by atoms with Crippen molar-refractivity contribution in [3.05, 3.63) is 11.6 Å². The van der Waals surface area contributed by atoms with Gasteiger partial charge in [0.05, 0.1) is 67.7 Å². The molecule has 4 rings (SSSR count). The van der Waals surface area contributed by atoms with E-state index in [0.29, 0.717) is 48.0 Å². The summed E-state index contributed by atoms with van der Waals surface area (Å²) in [5, 5.41) is 34.7. The smallest absolute Gasteiger partial charge is 0.118 e. The molecule has 0 aliphatic carbocycles. The molecule has 0 radical (unpaired) electrons. The molecule has 4 N–H and O–H groups in total. The summed E-state index contributed by atoms with van der Waals surface area (Å²) in [6.45, 7) is 4.84. The molecule has 0 bridgehead atoms. The Morgan fingerprint density at radius 3 is 1.44 bits per heavy atom. The van der Waals surface area contributed by atoms with Crippen molar-refractivity contribution in [1.82, 2.24) is 0 Å². The van der Waals surface area contributed by atoms with E-state index in [1.54, 1.807) is 6.08 Å². The zero-order valence-electron chi connectivity index (χ0n) is 25.9. The van der Waals surface area contributed by atoms with Gasteiger partial charge >= 0.3 is 0 Å². The van der Waals surface area contributed by atoms with Crippen molar-refractivity contribution in [3.8, 4) is 12.3 Å². The van der Waals surface area contributed by atoms with Crippen LogP contribution in [-0.2, 0) is 18.9 Å². The van der Waals surface area contributed by atoms with Crippen LogP contribution in [0.2, 0.25) is 0 Å². The van der Waals surface area contributed by atoms with Gasteiger partial charge in [0.25, 0.3) is 0 Å². The summed E-state index contributed by atoms with van der Waals surface area (Å²) < 4.78 is 21.0. The molecule has 4 aliphatic rings. The molecule has 4 fully saturated rings. The van der Waals surface area contributed by atoms with Crippen LogP contribution in [0.25, 0.3) is 0 Å². The molecule has 0 amide bonds. The van der Waals surface area contributed by atoms with E-state index in [9.17, 15) is 0 Å². The minimum Gasteiger partial charge on any atom is -0.396 e. The van der Waals surface area contributed by atoms with Crippen molar-refractivity contribution in [3.63, 3.8) is 0 Å². The first kappa shape index (κ1) is 56.6. The number of hydrogen-bond acceptors (Lipinski definition) is 8. The Labute approximate surface area is 406 Å². The maximum atomic E-state index is 8.72. The molecule has 9 unspecified atom stereocenters. The van der Waals surface area contributed by atoms with Crippen molar-refractivity contribution in [1.29, 1.82) is 0 Å². The average molecular weight is 806 g/mol. The summed E-state index contributed by atoms with van der Waals surface area (Å²) in [4.78, 5) is 0. The molecule has 4 saturated heterocycles. The molecule has 0 aromatic carbocycles. The van der Waals surface area contributed by atoms with Crippen LogP contribution in [0.1, 0.15) is 65.2 Å². The van der Waals surface area contributed by atoms with Crippen LogP contribution in [0.15, 0.2) is 11.6 Å². The second kappa shape index (κ2) is 35.9. The predicted molar refractivity (Wildman–Crippen MR) is 164 cm³/mol. The minimum atomic E-state index is -0.0536. The van der Waals surface area contributed by atoms with Gasteiger partial charge < -0.3 is 39.4 Å². The van der Waals surface area contributed by atoms with E-state index in [0.717, 1.165) is 51.4 Å². The molecular formula is C30H51Ar4Cl3O8. The molecule has 15 heteroatoms. The average Bonchev–Trinajstić information content (AvgIpc) is 3.85.